The van der Waals surface area contributed by atoms with Gasteiger partial charge in [0.1, 0.15) is 23.4 Å². The summed E-state index contributed by atoms with van der Waals surface area (Å²) < 4.78 is 17.7. The molecule has 13 heteroatoms. The molecule has 4 aromatic carbocycles. The molecule has 0 saturated carbocycles. The normalized spacial score (nSPS) is 18.9. The van der Waals surface area contributed by atoms with Crippen molar-refractivity contribution < 1.29 is 64.7 Å². The van der Waals surface area contributed by atoms with Crippen molar-refractivity contribution in [3.63, 3.8) is 0 Å². The first kappa shape index (κ1) is 32.1. The van der Waals surface area contributed by atoms with Gasteiger partial charge in [-0.1, -0.05) is 18.2 Å². The summed E-state index contributed by atoms with van der Waals surface area (Å²) in [5, 5.41) is 81.2. The molecule has 13 nitrogen and oxygen atoms in total. The Morgan fingerprint density at radius 2 is 1.40 bits per heavy atom. The van der Waals surface area contributed by atoms with E-state index in [9.17, 15) is 50.4 Å². The highest BCUT2D eigenvalue weighted by atomic mass is 16.6. The molecule has 4 unspecified atom stereocenters. The van der Waals surface area contributed by atoms with Gasteiger partial charge in [0, 0.05) is 35.1 Å². The molecule has 0 amide bonds. The molecule has 0 fully saturated rings. The van der Waals surface area contributed by atoms with Gasteiger partial charge in [-0.25, -0.2) is 0 Å². The van der Waals surface area contributed by atoms with Gasteiger partial charge in [0.2, 0.25) is 0 Å². The van der Waals surface area contributed by atoms with E-state index in [1.165, 1.54) is 54.6 Å². The molecular formula is C35H32O13. The Bertz CT molecular complexity index is 1900. The molecule has 2 aliphatic heterocycles. The van der Waals surface area contributed by atoms with Crippen molar-refractivity contribution in [2.24, 2.45) is 0 Å². The highest BCUT2D eigenvalue weighted by Gasteiger charge is 2.42. The quantitative estimate of drug-likeness (QED) is 0.0760. The molecule has 0 aliphatic carbocycles. The second-order valence-electron chi connectivity index (χ2n) is 11.8. The van der Waals surface area contributed by atoms with Crippen LogP contribution in [0.15, 0.2) is 60.7 Å². The maximum Gasteiger partial charge on any atom is 0.312 e. The number of aryl methyl sites for hydroxylation is 1. The van der Waals surface area contributed by atoms with Gasteiger partial charge in [0.05, 0.1) is 18.9 Å². The Hall–Kier alpha value is -5.82. The molecule has 48 heavy (non-hydrogen) atoms. The summed E-state index contributed by atoms with van der Waals surface area (Å²) in [6, 6.07) is 13.5. The summed E-state index contributed by atoms with van der Waals surface area (Å²) in [6.45, 7) is 0. The van der Waals surface area contributed by atoms with Gasteiger partial charge in [-0.05, 0) is 60.4 Å². The fraction of sp³-hybridized carbons (Fsp3) is 0.257. The maximum absolute atomic E-state index is 13.1. The number of hydrogen-bond donors (Lipinski definition) is 8. The number of phenolic OH excluding ortho intramolecular Hbond substituents is 7. The van der Waals surface area contributed by atoms with Crippen LogP contribution in [-0.2, 0) is 27.2 Å². The van der Waals surface area contributed by atoms with Gasteiger partial charge in [-0.2, -0.15) is 0 Å². The topological polar surface area (TPSA) is 224 Å². The summed E-state index contributed by atoms with van der Waals surface area (Å²) in [6.07, 6.45) is -3.57. The van der Waals surface area contributed by atoms with Gasteiger partial charge in [0.25, 0.3) is 0 Å². The highest BCUT2D eigenvalue weighted by molar-refractivity contribution is 5.80. The molecule has 4 aromatic rings. The molecule has 0 radical (unpaired) electrons. The van der Waals surface area contributed by atoms with E-state index in [-0.39, 0.29) is 59.3 Å². The summed E-state index contributed by atoms with van der Waals surface area (Å²) in [7, 11) is 0. The second kappa shape index (κ2) is 12.8. The van der Waals surface area contributed by atoms with E-state index in [1.54, 1.807) is 6.07 Å². The third-order valence-electron chi connectivity index (χ3n) is 8.51. The van der Waals surface area contributed by atoms with Crippen LogP contribution in [0.4, 0.5) is 0 Å². The van der Waals surface area contributed by atoms with Gasteiger partial charge in [-0.15, -0.1) is 0 Å². The van der Waals surface area contributed by atoms with Crippen molar-refractivity contribution in [2.75, 3.05) is 0 Å². The number of fused-ring (bicyclic) bond motifs is 3. The number of hydrogen-bond acceptors (Lipinski definition) is 13. The number of aromatic hydroxyl groups is 7. The van der Waals surface area contributed by atoms with Gasteiger partial charge in [-0.3, -0.25) is 9.59 Å². The van der Waals surface area contributed by atoms with Crippen LogP contribution < -0.4 is 9.47 Å². The molecule has 4 atom stereocenters. The monoisotopic (exact) mass is 660 g/mol. The minimum absolute atomic E-state index is 0.00730. The lowest BCUT2D eigenvalue weighted by Crippen LogP contribution is -2.36. The minimum atomic E-state index is -1.13. The van der Waals surface area contributed by atoms with Crippen LogP contribution in [0.5, 0.6) is 51.7 Å². The van der Waals surface area contributed by atoms with Gasteiger partial charge in [0.15, 0.2) is 40.6 Å². The number of aliphatic hydroxyl groups is 1. The van der Waals surface area contributed by atoms with Crippen molar-refractivity contribution in [3.05, 3.63) is 88.5 Å². The number of benzene rings is 4. The first-order valence-corrected chi connectivity index (χ1v) is 15.1. The van der Waals surface area contributed by atoms with Gasteiger partial charge >= 0.3 is 11.9 Å². The summed E-state index contributed by atoms with van der Waals surface area (Å²) in [5.41, 5.74) is 1.96. The zero-order chi connectivity index (χ0) is 34.3. The number of carbonyl (C=O) groups is 2. The highest BCUT2D eigenvalue weighted by Crippen LogP contribution is 2.53. The van der Waals surface area contributed by atoms with Crippen LogP contribution >= 0.6 is 0 Å². The van der Waals surface area contributed by atoms with Crippen molar-refractivity contribution in [1.82, 2.24) is 0 Å². The number of carbonyl (C=O) groups excluding carboxylic acids is 2. The molecule has 8 N–H and O–H groups in total. The Morgan fingerprint density at radius 3 is 2.06 bits per heavy atom. The first-order valence-electron chi connectivity index (χ1n) is 15.1. The molecule has 0 aromatic heterocycles. The maximum atomic E-state index is 13.1. The molecule has 0 saturated heterocycles. The molecular weight excluding hydrogens is 628 g/mol. The minimum Gasteiger partial charge on any atom is -0.507 e. The third kappa shape index (κ3) is 6.40. The predicted molar refractivity (Wildman–Crippen MR) is 165 cm³/mol. The van der Waals surface area contributed by atoms with Crippen molar-refractivity contribution in [1.29, 1.82) is 0 Å². The SMILES string of the molecule is O=C1CC(c2ccc(O)c(O)c2)c2c(cc(O)c3c2OC(c2ccc(O)c(O)c2)C(OC(=O)CC(O)CCc2ccc(O)c(O)c2)C3)O1. The van der Waals surface area contributed by atoms with Crippen LogP contribution in [0.3, 0.4) is 0 Å². The smallest absolute Gasteiger partial charge is 0.312 e. The fourth-order valence-electron chi connectivity index (χ4n) is 6.08. The first-order chi connectivity index (χ1) is 22.9. The van der Waals surface area contributed by atoms with E-state index in [2.05, 4.69) is 0 Å². The lowest BCUT2D eigenvalue weighted by Gasteiger charge is -2.37. The zero-order valence-corrected chi connectivity index (χ0v) is 25.2. The van der Waals surface area contributed by atoms with E-state index < -0.39 is 59.8 Å². The Balaban J connectivity index is 1.31. The zero-order valence-electron chi connectivity index (χ0n) is 25.2. The van der Waals surface area contributed by atoms with Crippen LogP contribution in [0.2, 0.25) is 0 Å². The molecule has 0 spiro atoms. The van der Waals surface area contributed by atoms with E-state index >= 15 is 0 Å². The van der Waals surface area contributed by atoms with E-state index in [0.29, 0.717) is 28.7 Å². The standard InChI is InChI=1S/C35H32O13/c36-19(5-1-16-2-6-22(37)26(41)9-16)12-31(44)47-30-13-21-25(40)15-29-33(35(21)48-34(30)18-4-8-24(39)28(43)11-18)20(14-32(45)46-29)17-3-7-23(38)27(42)10-17/h2-4,6-11,15,19-20,30,34,36-43H,1,5,12-14H2. The molecule has 2 aliphatic rings. The molecule has 0 bridgehead atoms. The molecule has 6 rings (SSSR count). The summed E-state index contributed by atoms with van der Waals surface area (Å²) >= 11 is 0. The Labute approximate surface area is 273 Å². The van der Waals surface area contributed by atoms with Crippen molar-refractivity contribution >= 4 is 11.9 Å². The van der Waals surface area contributed by atoms with Crippen LogP contribution in [0.25, 0.3) is 0 Å². The Morgan fingerprint density at radius 1 is 0.771 bits per heavy atom. The summed E-state index contributed by atoms with van der Waals surface area (Å²) in [5.74, 6) is -4.53. The number of rotatable bonds is 8. The second-order valence-corrected chi connectivity index (χ2v) is 11.8. The molecule has 2 heterocycles. The van der Waals surface area contributed by atoms with Crippen molar-refractivity contribution in [3.8, 4) is 51.7 Å². The number of aliphatic hydroxyl groups excluding tert-OH is 1. The van der Waals surface area contributed by atoms with Crippen LogP contribution in [0.1, 0.15) is 59.1 Å². The lowest BCUT2D eigenvalue weighted by atomic mass is 9.82. The van der Waals surface area contributed by atoms with Gasteiger partial charge < -0.3 is 55.1 Å². The third-order valence-corrected chi connectivity index (χ3v) is 8.51. The average Bonchev–Trinajstić information content (AvgIpc) is 3.03. The average molecular weight is 661 g/mol. The van der Waals surface area contributed by atoms with E-state index in [0.717, 1.165) is 0 Å². The van der Waals surface area contributed by atoms with Crippen LogP contribution in [0, 0.1) is 0 Å². The van der Waals surface area contributed by atoms with Crippen molar-refractivity contribution in [2.45, 2.75) is 56.3 Å². The summed E-state index contributed by atoms with van der Waals surface area (Å²) in [4.78, 5) is 25.7. The number of phenols is 7. The number of esters is 2. The van der Waals surface area contributed by atoms with E-state index in [4.69, 9.17) is 14.2 Å². The Kier molecular flexibility index (Phi) is 8.54. The predicted octanol–water partition coefficient (Wildman–Crippen LogP) is 4.04. The number of ether oxygens (including phenoxy) is 3. The van der Waals surface area contributed by atoms with Crippen LogP contribution in [-0.4, -0.2) is 65.0 Å². The fourth-order valence-corrected chi connectivity index (χ4v) is 6.08. The van der Waals surface area contributed by atoms with E-state index in [1.807, 2.05) is 0 Å². The largest absolute Gasteiger partial charge is 0.507 e. The molecule has 250 valence electrons. The lowest BCUT2D eigenvalue weighted by molar-refractivity contribution is -0.157.